The standard InChI is InChI=1S/C12H24N2O3S/c1-12(4-7-18(16,17)10-12)13-8-11(15)9-14-5-2-3-6-14/h11,13,15H,2-10H2,1H3. The van der Waals surface area contributed by atoms with Crippen molar-refractivity contribution >= 4 is 9.84 Å². The van der Waals surface area contributed by atoms with Crippen LogP contribution in [0.2, 0.25) is 0 Å². The molecule has 0 aromatic heterocycles. The summed E-state index contributed by atoms with van der Waals surface area (Å²) in [6.45, 7) is 5.24. The quantitative estimate of drug-likeness (QED) is 0.716. The maximum atomic E-state index is 11.5. The fourth-order valence-corrected chi connectivity index (χ4v) is 4.96. The molecule has 0 aliphatic carbocycles. The molecule has 5 nitrogen and oxygen atoms in total. The number of nitrogens with zero attached hydrogens (tertiary/aromatic N) is 1. The van der Waals surface area contributed by atoms with Gasteiger partial charge in [-0.25, -0.2) is 8.42 Å². The Morgan fingerprint density at radius 1 is 1.39 bits per heavy atom. The normalized spacial score (nSPS) is 33.9. The average Bonchev–Trinajstić information content (AvgIpc) is 2.85. The minimum Gasteiger partial charge on any atom is -0.390 e. The van der Waals surface area contributed by atoms with Gasteiger partial charge in [0.15, 0.2) is 9.84 Å². The Morgan fingerprint density at radius 3 is 2.61 bits per heavy atom. The molecule has 6 heteroatoms. The molecule has 2 saturated heterocycles. The van der Waals surface area contributed by atoms with Crippen LogP contribution in [-0.4, -0.2) is 67.8 Å². The summed E-state index contributed by atoms with van der Waals surface area (Å²) < 4.78 is 22.9. The zero-order valence-corrected chi connectivity index (χ0v) is 11.9. The van der Waals surface area contributed by atoms with Crippen LogP contribution >= 0.6 is 0 Å². The van der Waals surface area contributed by atoms with Crippen molar-refractivity contribution in [1.82, 2.24) is 10.2 Å². The summed E-state index contributed by atoms with van der Waals surface area (Å²) in [5, 5.41) is 13.2. The van der Waals surface area contributed by atoms with E-state index in [0.29, 0.717) is 19.5 Å². The molecular weight excluding hydrogens is 252 g/mol. The Labute approximate surface area is 109 Å². The third-order valence-corrected chi connectivity index (χ3v) is 5.84. The lowest BCUT2D eigenvalue weighted by molar-refractivity contribution is 0.115. The fourth-order valence-electron chi connectivity index (χ4n) is 2.84. The van der Waals surface area contributed by atoms with Crippen LogP contribution in [0.1, 0.15) is 26.2 Å². The lowest BCUT2D eigenvalue weighted by Gasteiger charge is -2.27. The smallest absolute Gasteiger partial charge is 0.152 e. The van der Waals surface area contributed by atoms with E-state index in [4.69, 9.17) is 0 Å². The summed E-state index contributed by atoms with van der Waals surface area (Å²) in [5.41, 5.74) is -0.356. The molecule has 0 amide bonds. The number of likely N-dealkylation sites (tertiary alicyclic amines) is 1. The van der Waals surface area contributed by atoms with Crippen molar-refractivity contribution in [2.24, 2.45) is 0 Å². The molecule has 0 aromatic carbocycles. The largest absolute Gasteiger partial charge is 0.390 e. The summed E-state index contributed by atoms with van der Waals surface area (Å²) >= 11 is 0. The van der Waals surface area contributed by atoms with Crippen molar-refractivity contribution in [3.8, 4) is 0 Å². The van der Waals surface area contributed by atoms with E-state index in [1.165, 1.54) is 12.8 Å². The summed E-state index contributed by atoms with van der Waals surface area (Å²) in [6.07, 6.45) is 2.67. The van der Waals surface area contributed by atoms with Crippen molar-refractivity contribution in [3.05, 3.63) is 0 Å². The van der Waals surface area contributed by atoms with E-state index in [1.54, 1.807) is 0 Å². The first kappa shape index (κ1) is 14.2. The molecule has 106 valence electrons. The van der Waals surface area contributed by atoms with Gasteiger partial charge in [-0.1, -0.05) is 0 Å². The first-order valence-corrected chi connectivity index (χ1v) is 8.57. The Bertz CT molecular complexity index is 379. The Hall–Kier alpha value is -0.170. The monoisotopic (exact) mass is 276 g/mol. The van der Waals surface area contributed by atoms with Gasteiger partial charge in [-0.3, -0.25) is 0 Å². The maximum Gasteiger partial charge on any atom is 0.152 e. The number of aliphatic hydroxyl groups excluding tert-OH is 1. The maximum absolute atomic E-state index is 11.5. The molecule has 0 bridgehead atoms. The first-order chi connectivity index (χ1) is 8.39. The van der Waals surface area contributed by atoms with Crippen LogP contribution in [0.5, 0.6) is 0 Å². The highest BCUT2D eigenvalue weighted by atomic mass is 32.2. The molecule has 2 aliphatic heterocycles. The van der Waals surface area contributed by atoms with Crippen LogP contribution in [0, 0.1) is 0 Å². The van der Waals surface area contributed by atoms with Crippen LogP contribution in [0.4, 0.5) is 0 Å². The molecule has 0 spiro atoms. The van der Waals surface area contributed by atoms with Crippen molar-refractivity contribution in [2.45, 2.75) is 37.8 Å². The van der Waals surface area contributed by atoms with Gasteiger partial charge in [-0.05, 0) is 39.3 Å². The number of hydrogen-bond donors (Lipinski definition) is 2. The van der Waals surface area contributed by atoms with Gasteiger partial charge in [-0.15, -0.1) is 0 Å². The lowest BCUT2D eigenvalue weighted by Crippen LogP contribution is -2.48. The van der Waals surface area contributed by atoms with Gasteiger partial charge in [0.1, 0.15) is 0 Å². The summed E-state index contributed by atoms with van der Waals surface area (Å²) in [4.78, 5) is 2.26. The molecule has 0 radical (unpaired) electrons. The molecule has 2 aliphatic rings. The number of β-amino-alcohol motifs (C(OH)–C–C–N with tert-alkyl or cyclic N) is 1. The summed E-state index contributed by atoms with van der Waals surface area (Å²) in [7, 11) is -2.88. The van der Waals surface area contributed by atoms with Crippen molar-refractivity contribution in [2.75, 3.05) is 37.7 Å². The topological polar surface area (TPSA) is 69.6 Å². The second-order valence-electron chi connectivity index (χ2n) is 5.95. The molecule has 2 atom stereocenters. The molecule has 2 rings (SSSR count). The van der Waals surface area contributed by atoms with E-state index in [2.05, 4.69) is 10.2 Å². The van der Waals surface area contributed by atoms with Crippen LogP contribution in [0.25, 0.3) is 0 Å². The average molecular weight is 276 g/mol. The summed E-state index contributed by atoms with van der Waals surface area (Å²) in [5.74, 6) is 0.454. The van der Waals surface area contributed by atoms with Gasteiger partial charge in [-0.2, -0.15) is 0 Å². The number of nitrogens with one attached hydrogen (secondary N) is 1. The van der Waals surface area contributed by atoms with Crippen molar-refractivity contribution < 1.29 is 13.5 Å². The molecule has 2 heterocycles. The Morgan fingerprint density at radius 2 is 2.06 bits per heavy atom. The second-order valence-corrected chi connectivity index (χ2v) is 8.13. The van der Waals surface area contributed by atoms with E-state index in [9.17, 15) is 13.5 Å². The molecule has 0 saturated carbocycles. The molecule has 18 heavy (non-hydrogen) atoms. The third kappa shape index (κ3) is 3.91. The molecule has 2 fully saturated rings. The SMILES string of the molecule is CC1(NCC(O)CN2CCCC2)CCS(=O)(=O)C1. The molecular formula is C12H24N2O3S. The van der Waals surface area contributed by atoms with Crippen LogP contribution < -0.4 is 5.32 Å². The highest BCUT2D eigenvalue weighted by molar-refractivity contribution is 7.91. The molecule has 2 unspecified atom stereocenters. The van der Waals surface area contributed by atoms with Crippen molar-refractivity contribution in [3.63, 3.8) is 0 Å². The Balaban J connectivity index is 1.73. The second kappa shape index (κ2) is 5.45. The summed E-state index contributed by atoms with van der Waals surface area (Å²) in [6, 6.07) is 0. The zero-order chi connectivity index (χ0) is 13.2. The lowest BCUT2D eigenvalue weighted by atomic mass is 10.0. The zero-order valence-electron chi connectivity index (χ0n) is 11.1. The van der Waals surface area contributed by atoms with E-state index in [1.807, 2.05) is 6.92 Å². The molecule has 0 aromatic rings. The molecule has 2 N–H and O–H groups in total. The van der Waals surface area contributed by atoms with Gasteiger partial charge < -0.3 is 15.3 Å². The van der Waals surface area contributed by atoms with Gasteiger partial charge in [0, 0.05) is 18.6 Å². The first-order valence-electron chi connectivity index (χ1n) is 6.74. The highest BCUT2D eigenvalue weighted by Crippen LogP contribution is 2.22. The minimum atomic E-state index is -2.88. The highest BCUT2D eigenvalue weighted by Gasteiger charge is 2.38. The van der Waals surface area contributed by atoms with Gasteiger partial charge >= 0.3 is 0 Å². The Kier molecular flexibility index (Phi) is 4.31. The van der Waals surface area contributed by atoms with Crippen LogP contribution in [0.3, 0.4) is 0 Å². The predicted molar refractivity (Wildman–Crippen MR) is 71.4 cm³/mol. The van der Waals surface area contributed by atoms with Crippen molar-refractivity contribution in [1.29, 1.82) is 0 Å². The van der Waals surface area contributed by atoms with Gasteiger partial charge in [0.25, 0.3) is 0 Å². The van der Waals surface area contributed by atoms with E-state index >= 15 is 0 Å². The van der Waals surface area contributed by atoms with Crippen LogP contribution in [0.15, 0.2) is 0 Å². The third-order valence-electron chi connectivity index (χ3n) is 3.94. The number of hydrogen-bond acceptors (Lipinski definition) is 5. The predicted octanol–water partition coefficient (Wildman–Crippen LogP) is -0.390. The van der Waals surface area contributed by atoms with Crippen LogP contribution in [-0.2, 0) is 9.84 Å². The minimum absolute atomic E-state index is 0.191. The number of aliphatic hydroxyl groups is 1. The fraction of sp³-hybridized carbons (Fsp3) is 1.00. The van der Waals surface area contributed by atoms with E-state index < -0.39 is 15.9 Å². The van der Waals surface area contributed by atoms with Gasteiger partial charge in [0.05, 0.1) is 17.6 Å². The number of sulfone groups is 1. The number of rotatable bonds is 5. The van der Waals surface area contributed by atoms with E-state index in [0.717, 1.165) is 13.1 Å². The van der Waals surface area contributed by atoms with Gasteiger partial charge in [0.2, 0.25) is 0 Å². The van der Waals surface area contributed by atoms with E-state index in [-0.39, 0.29) is 17.0 Å².